The molecule has 18 nitrogen and oxygen atoms in total. The zero-order valence-electron chi connectivity index (χ0n) is 67.8. The Morgan fingerprint density at radius 1 is 0.477 bits per heavy atom. The number of Topliss-reactive ketones (excluding diaryl/α,β-unsaturated/α-hetero) is 3. The molecule has 6 aromatic heterocycles. The topological polar surface area (TPSA) is 243 Å². The van der Waals surface area contributed by atoms with E-state index in [0.29, 0.717) is 135 Å². The maximum absolute atomic E-state index is 13.8. The highest BCUT2D eigenvalue weighted by molar-refractivity contribution is 9.09. The molecule has 0 amide bonds. The van der Waals surface area contributed by atoms with Crippen LogP contribution < -0.4 is 0 Å². The van der Waals surface area contributed by atoms with Crippen molar-refractivity contribution in [3.8, 4) is 0 Å². The van der Waals surface area contributed by atoms with Crippen LogP contribution in [0.3, 0.4) is 0 Å². The molecular weight excluding hydrogens is 1430 g/mol. The number of methoxy groups -OCH3 is 3. The van der Waals surface area contributed by atoms with Gasteiger partial charge in [0.15, 0.2) is 11.6 Å². The molecule has 12 aliphatic carbocycles. The average molecular weight is 1560 g/mol. The van der Waals surface area contributed by atoms with Crippen LogP contribution in [-0.2, 0) is 41.7 Å². The highest BCUT2D eigenvalue weighted by Gasteiger charge is 2.68. The fourth-order valence-corrected chi connectivity index (χ4v) is 29.4. The molecule has 0 saturated heterocycles. The Morgan fingerprint density at radius 3 is 1.31 bits per heavy atom. The van der Waals surface area contributed by atoms with E-state index in [2.05, 4.69) is 92.8 Å². The Hall–Kier alpha value is -4.89. The fraction of sp³-hybridized carbons (Fsp3) is 0.767. The Balaban J connectivity index is 0.000000130. The fourth-order valence-electron chi connectivity index (χ4n) is 29.0. The molecule has 6 aromatic rings. The third kappa shape index (κ3) is 14.3. The summed E-state index contributed by atoms with van der Waals surface area (Å²) in [6, 6.07) is 5.82. The molecule has 0 aromatic carbocycles. The van der Waals surface area contributed by atoms with E-state index < -0.39 is 16.8 Å². The van der Waals surface area contributed by atoms with Crippen molar-refractivity contribution in [3.63, 3.8) is 0 Å². The molecular formula is C90H132BrN9O9. The summed E-state index contributed by atoms with van der Waals surface area (Å²) >= 11 is 3.44. The maximum Gasteiger partial charge on any atom is 0.157 e. The Labute approximate surface area is 658 Å². The van der Waals surface area contributed by atoms with Crippen molar-refractivity contribution in [2.75, 3.05) is 46.5 Å². The minimum atomic E-state index is -0.533. The second kappa shape index (κ2) is 30.4. The number of pyridine rings is 3. The number of hydrogen-bond donors (Lipinski definition) is 4. The van der Waals surface area contributed by atoms with Crippen LogP contribution in [0.2, 0.25) is 0 Å². The van der Waals surface area contributed by atoms with Crippen LogP contribution >= 0.6 is 15.9 Å². The molecule has 27 atom stereocenters. The molecule has 109 heavy (non-hydrogen) atoms. The van der Waals surface area contributed by atoms with Gasteiger partial charge in [-0.3, -0.25) is 43.8 Å². The average Bonchev–Trinajstić information content (AvgIpc) is 1.32. The van der Waals surface area contributed by atoms with E-state index in [9.17, 15) is 29.7 Å². The van der Waals surface area contributed by atoms with Crippen molar-refractivity contribution in [1.29, 1.82) is 0 Å². The predicted molar refractivity (Wildman–Crippen MR) is 430 cm³/mol. The van der Waals surface area contributed by atoms with E-state index in [-0.39, 0.29) is 35.4 Å². The lowest BCUT2D eigenvalue weighted by atomic mass is 9.42. The zero-order valence-corrected chi connectivity index (χ0v) is 69.4. The minimum Gasteiger partial charge on any atom is -0.390 e. The summed E-state index contributed by atoms with van der Waals surface area (Å²) in [7, 11) is 5.52. The van der Waals surface area contributed by atoms with Crippen LogP contribution in [0.4, 0.5) is 0 Å². The van der Waals surface area contributed by atoms with Crippen LogP contribution in [0.15, 0.2) is 74.0 Å². The molecule has 12 fully saturated rings. The number of nitrogens with one attached hydrogen (secondary N) is 1. The van der Waals surface area contributed by atoms with Gasteiger partial charge in [0.1, 0.15) is 17.8 Å². The number of ketones is 3. The Bertz CT molecular complexity index is 4170. The lowest BCUT2D eigenvalue weighted by molar-refractivity contribution is -0.175. The number of carbonyl (C=O) groups is 3. The van der Waals surface area contributed by atoms with Gasteiger partial charge in [0.05, 0.1) is 70.7 Å². The van der Waals surface area contributed by atoms with Crippen molar-refractivity contribution in [2.24, 2.45) is 139 Å². The number of ether oxygens (including phenoxy) is 3. The highest BCUT2D eigenvalue weighted by atomic mass is 79.9. The first-order valence-corrected chi connectivity index (χ1v) is 43.6. The number of hydrogen-bond acceptors (Lipinski definition) is 15. The van der Waals surface area contributed by atoms with E-state index in [1.807, 2.05) is 88.3 Å². The van der Waals surface area contributed by atoms with Crippen LogP contribution in [0.1, 0.15) is 218 Å². The van der Waals surface area contributed by atoms with Gasteiger partial charge in [-0.25, -0.2) is 0 Å². The van der Waals surface area contributed by atoms with Crippen molar-refractivity contribution >= 4 is 66.0 Å². The summed E-state index contributed by atoms with van der Waals surface area (Å²) in [5.41, 5.74) is 2.41. The maximum atomic E-state index is 13.8. The SMILES string of the molecule is COC[C@@H]1C[C@H]2C[C@](C)(O)CC[C@]2(C)[C@H]2CC[C@]3(C)[C@@H](C(=O)CBr)CC[C@H]3[C@H]12.COC[C@@H]1C[C@H]2C[C@](C)(O)CC[C@]2(C)[C@H]2CC[C@]3(C)[C@@H](C(=O)Cn4cc5ccncc5n4)CC[C@H]3[C@H]12.COC[C@@H]1C[C@H]2C[C@](C)(O)CC[C@]2(C)[C@H]2CC[C@]3(C)[C@@H](C(=O)Cn4ncc5ccncc54)CC[C@H]3[C@H]12.[HH].c1cc2cn[nH]c2cn1. The standard InChI is InChI=1S/2C30H43N3O3.C24H39BrO3.C6H5N3.H2/c1-28(35)10-11-29(2)21(14-28)13-20(18-36-4)27-23-6-5-22(30(23,3)9-7-24(27)29)26(34)17-33-16-19-8-12-31-15-25(19)32-33;1-28(35)10-11-29(2)21(14-28)13-20(18-36-4)27-23-6-5-22(30(23,3)9-7-24(27)29)26(34)17-33-25-16-31-12-8-19(25)15-32-33;1-22(27)9-10-23(2)16(12-22)11-15(14-28-4)21-18-6-5-17(20(26)13-25)24(18,3)8-7-19(21)23;1-2-7-4-6-5(1)3-8-9-6;/h2*8,12,15-16,20-24,27,35H,5-7,9-11,13-14,17-18H2,1-4H3;15-19,21,27H,5-14H2,1-4H3;1-4H,(H,8,9);1H/t2*20-,21-,22+,23-,24-,27-,28+,29-,30+;15-,16-,17+,18-,19-,21-,22+,23-,24+;;/m000../s1. The van der Waals surface area contributed by atoms with Crippen LogP contribution in [0, 0.1) is 139 Å². The summed E-state index contributed by atoms with van der Waals surface area (Å²) < 4.78 is 21.0. The molecule has 0 radical (unpaired) electrons. The first kappa shape index (κ1) is 79.3. The molecule has 0 bridgehead atoms. The molecule has 18 rings (SSSR count). The lowest BCUT2D eigenvalue weighted by Gasteiger charge is -2.64. The lowest BCUT2D eigenvalue weighted by Crippen LogP contribution is -2.59. The number of aromatic nitrogens is 9. The molecule has 0 aliphatic heterocycles. The quantitative estimate of drug-likeness (QED) is 0.0741. The third-order valence-corrected chi connectivity index (χ3v) is 35.1. The molecule has 4 N–H and O–H groups in total. The zero-order chi connectivity index (χ0) is 77.0. The van der Waals surface area contributed by atoms with Crippen molar-refractivity contribution in [3.05, 3.63) is 74.0 Å². The normalized spacial score (nSPS) is 43.7. The van der Waals surface area contributed by atoms with E-state index >= 15 is 0 Å². The predicted octanol–water partition coefficient (Wildman–Crippen LogP) is 17.0. The van der Waals surface area contributed by atoms with Gasteiger partial charge in [0, 0.05) is 101 Å². The van der Waals surface area contributed by atoms with Gasteiger partial charge in [-0.05, 0) is 314 Å². The second-order valence-electron chi connectivity index (χ2n) is 40.3. The first-order chi connectivity index (χ1) is 51.9. The molecule has 0 spiro atoms. The number of nitrogens with zero attached hydrogens (tertiary/aromatic N) is 8. The molecule has 598 valence electrons. The monoisotopic (exact) mass is 1560 g/mol. The van der Waals surface area contributed by atoms with Gasteiger partial charge in [-0.2, -0.15) is 15.3 Å². The number of halogens is 1. The molecule has 6 heterocycles. The van der Waals surface area contributed by atoms with Gasteiger partial charge in [0.2, 0.25) is 0 Å². The largest absolute Gasteiger partial charge is 0.390 e. The smallest absolute Gasteiger partial charge is 0.157 e. The van der Waals surface area contributed by atoms with Gasteiger partial charge < -0.3 is 29.5 Å². The van der Waals surface area contributed by atoms with E-state index in [1.54, 1.807) is 37.2 Å². The van der Waals surface area contributed by atoms with E-state index in [0.717, 1.165) is 174 Å². The second-order valence-corrected chi connectivity index (χ2v) is 40.9. The van der Waals surface area contributed by atoms with Gasteiger partial charge >= 0.3 is 0 Å². The number of aromatic amines is 1. The number of alkyl halides is 1. The van der Waals surface area contributed by atoms with Crippen LogP contribution in [0.5, 0.6) is 0 Å². The number of carbonyl (C=O) groups excluding carboxylic acids is 3. The minimum absolute atomic E-state index is 0. The summed E-state index contributed by atoms with van der Waals surface area (Å²) in [5.74, 6) is 10.6. The summed E-state index contributed by atoms with van der Waals surface area (Å²) in [5, 5.41) is 52.1. The highest BCUT2D eigenvalue weighted by Crippen LogP contribution is 2.73. The number of aliphatic hydroxyl groups is 3. The van der Waals surface area contributed by atoms with Crippen LogP contribution in [-0.4, -0.2) is 141 Å². The molecule has 12 aliphatic rings. The Kier molecular flexibility index (Phi) is 22.1. The number of rotatable bonds is 14. The molecule has 19 heteroatoms. The molecule has 0 unspecified atom stereocenters. The summed E-state index contributed by atoms with van der Waals surface area (Å²) in [6.07, 6.45) is 42.3. The van der Waals surface area contributed by atoms with Gasteiger partial charge in [0.25, 0.3) is 0 Å². The molecule has 12 saturated carbocycles. The Morgan fingerprint density at radius 2 is 0.881 bits per heavy atom. The van der Waals surface area contributed by atoms with Crippen molar-refractivity contribution in [1.82, 2.24) is 44.7 Å². The number of fused-ring (bicyclic) bond motifs is 18. The van der Waals surface area contributed by atoms with E-state index in [4.69, 9.17) is 14.2 Å². The van der Waals surface area contributed by atoms with Gasteiger partial charge in [-0.15, -0.1) is 0 Å². The van der Waals surface area contributed by atoms with Crippen molar-refractivity contribution in [2.45, 2.75) is 246 Å². The summed E-state index contributed by atoms with van der Waals surface area (Å²) in [4.78, 5) is 52.6. The van der Waals surface area contributed by atoms with Crippen LogP contribution in [0.25, 0.3) is 32.7 Å². The van der Waals surface area contributed by atoms with Gasteiger partial charge in [-0.1, -0.05) is 57.5 Å². The van der Waals surface area contributed by atoms with E-state index in [1.165, 1.54) is 38.5 Å². The first-order valence-electron chi connectivity index (χ1n) is 42.5. The van der Waals surface area contributed by atoms with Crippen molar-refractivity contribution < 1.29 is 45.3 Å². The summed E-state index contributed by atoms with van der Waals surface area (Å²) in [6.45, 7) is 24.1. The number of H-pyrrole nitrogens is 1. The third-order valence-electron chi connectivity index (χ3n) is 34.5.